The summed E-state index contributed by atoms with van der Waals surface area (Å²) < 4.78 is 29.2. The van der Waals surface area contributed by atoms with Gasteiger partial charge < -0.3 is 9.47 Å². The predicted octanol–water partition coefficient (Wildman–Crippen LogP) is 3.56. The van der Waals surface area contributed by atoms with Gasteiger partial charge in [-0.05, 0) is 47.7 Å². The Kier molecular flexibility index (Phi) is 7.52. The lowest BCUT2D eigenvalue weighted by Gasteiger charge is -2.34. The number of hydrogen-bond donors (Lipinski definition) is 0. The minimum Gasteiger partial charge on any atom is -0.336 e. The number of benzene rings is 2. The Morgan fingerprint density at radius 3 is 2.20 bits per heavy atom. The first kappa shape index (κ1) is 24.9. The topological polar surface area (TPSA) is 79.7 Å². The molecule has 0 N–H and O–H groups in total. The zero-order chi connectivity index (χ0) is 25.0. The van der Waals surface area contributed by atoms with Crippen LogP contribution in [0, 0.1) is 0 Å². The quantitative estimate of drug-likeness (QED) is 0.504. The Morgan fingerprint density at radius 2 is 1.57 bits per heavy atom. The Labute approximate surface area is 206 Å². The zero-order valence-electron chi connectivity index (χ0n) is 20.1. The summed E-state index contributed by atoms with van der Waals surface area (Å²) in [5.74, 6) is 0.00365. The molecule has 1 amide bonds. The lowest BCUT2D eigenvalue weighted by atomic mass is 9.99. The lowest BCUT2D eigenvalue weighted by molar-refractivity contribution is 0.0695. The van der Waals surface area contributed by atoms with Crippen LogP contribution in [0.25, 0.3) is 0 Å². The van der Waals surface area contributed by atoms with Gasteiger partial charge in [0.15, 0.2) is 0 Å². The standard InChI is InChI=1S/C27H31N3O4S/c1-3-21(2)23-11-13-24(14-12-23)35(33,34)30-18-16-28(17-19-30)26(31)25-10-7-15-29(27(25)32)20-22-8-5-4-6-9-22/h4-15,21H,3,16-20H2,1-2H3. The number of hydrogen-bond acceptors (Lipinski definition) is 4. The number of amides is 1. The normalized spacial score (nSPS) is 15.7. The van der Waals surface area contributed by atoms with Crippen molar-refractivity contribution < 1.29 is 13.2 Å². The predicted molar refractivity (Wildman–Crippen MR) is 136 cm³/mol. The minimum atomic E-state index is -3.64. The average molecular weight is 494 g/mol. The van der Waals surface area contributed by atoms with E-state index in [2.05, 4.69) is 13.8 Å². The van der Waals surface area contributed by atoms with Gasteiger partial charge in [-0.3, -0.25) is 9.59 Å². The second-order valence-electron chi connectivity index (χ2n) is 8.92. The van der Waals surface area contributed by atoms with Gasteiger partial charge in [0.25, 0.3) is 11.5 Å². The molecule has 1 atom stereocenters. The molecular formula is C27H31N3O4S. The van der Waals surface area contributed by atoms with Crippen LogP contribution in [-0.2, 0) is 16.6 Å². The summed E-state index contributed by atoms with van der Waals surface area (Å²) in [4.78, 5) is 27.9. The molecule has 1 unspecified atom stereocenters. The monoisotopic (exact) mass is 493 g/mol. The van der Waals surface area contributed by atoms with Crippen LogP contribution < -0.4 is 5.56 Å². The molecule has 7 nitrogen and oxygen atoms in total. The van der Waals surface area contributed by atoms with Crippen molar-refractivity contribution in [3.05, 3.63) is 100.0 Å². The Bertz CT molecular complexity index is 1330. The molecular weight excluding hydrogens is 462 g/mol. The lowest BCUT2D eigenvalue weighted by Crippen LogP contribution is -2.51. The van der Waals surface area contributed by atoms with E-state index in [0.29, 0.717) is 12.5 Å². The molecule has 0 bridgehead atoms. The summed E-state index contributed by atoms with van der Waals surface area (Å²) in [5, 5.41) is 0. The van der Waals surface area contributed by atoms with Crippen molar-refractivity contribution in [2.24, 2.45) is 0 Å². The third-order valence-electron chi connectivity index (χ3n) is 6.67. The molecule has 1 aromatic heterocycles. The van der Waals surface area contributed by atoms with E-state index in [1.54, 1.807) is 29.3 Å². The first-order chi connectivity index (χ1) is 16.8. The van der Waals surface area contributed by atoms with Gasteiger partial charge in [-0.25, -0.2) is 8.42 Å². The molecule has 1 aliphatic heterocycles. The number of nitrogens with zero attached hydrogens (tertiary/aromatic N) is 3. The smallest absolute Gasteiger partial charge is 0.263 e. The molecule has 35 heavy (non-hydrogen) atoms. The summed E-state index contributed by atoms with van der Waals surface area (Å²) in [6, 6.07) is 19.9. The maximum atomic E-state index is 13.1. The molecule has 184 valence electrons. The first-order valence-corrected chi connectivity index (χ1v) is 13.4. The summed E-state index contributed by atoms with van der Waals surface area (Å²) in [6.45, 7) is 5.43. The van der Waals surface area contributed by atoms with E-state index in [1.807, 2.05) is 42.5 Å². The average Bonchev–Trinajstić information content (AvgIpc) is 2.90. The van der Waals surface area contributed by atoms with E-state index in [-0.39, 0.29) is 48.1 Å². The van der Waals surface area contributed by atoms with Crippen LogP contribution in [0.1, 0.15) is 47.7 Å². The van der Waals surface area contributed by atoms with E-state index >= 15 is 0 Å². The van der Waals surface area contributed by atoms with Crippen LogP contribution >= 0.6 is 0 Å². The zero-order valence-corrected chi connectivity index (χ0v) is 20.9. The number of piperazine rings is 1. The minimum absolute atomic E-state index is 0.0976. The van der Waals surface area contributed by atoms with E-state index in [4.69, 9.17) is 0 Å². The molecule has 4 rings (SSSR count). The first-order valence-electron chi connectivity index (χ1n) is 11.9. The summed E-state index contributed by atoms with van der Waals surface area (Å²) in [6.07, 6.45) is 2.66. The molecule has 1 saturated heterocycles. The second-order valence-corrected chi connectivity index (χ2v) is 10.9. The highest BCUT2D eigenvalue weighted by atomic mass is 32.2. The summed E-state index contributed by atoms with van der Waals surface area (Å²) in [5.41, 5.74) is 1.83. The number of sulfonamides is 1. The molecule has 1 fully saturated rings. The molecule has 2 heterocycles. The highest BCUT2D eigenvalue weighted by Crippen LogP contribution is 2.23. The molecule has 8 heteroatoms. The van der Waals surface area contributed by atoms with Crippen LogP contribution in [0.2, 0.25) is 0 Å². The van der Waals surface area contributed by atoms with Crippen LogP contribution in [0.15, 0.2) is 82.6 Å². The third-order valence-corrected chi connectivity index (χ3v) is 8.58. The van der Waals surface area contributed by atoms with Gasteiger partial charge in [0.05, 0.1) is 11.4 Å². The molecule has 3 aromatic rings. The van der Waals surface area contributed by atoms with Crippen LogP contribution in [-0.4, -0.2) is 54.3 Å². The third kappa shape index (κ3) is 5.39. The van der Waals surface area contributed by atoms with Crippen LogP contribution in [0.5, 0.6) is 0 Å². The van der Waals surface area contributed by atoms with Gasteiger partial charge in [0.2, 0.25) is 10.0 Å². The molecule has 0 aliphatic carbocycles. The summed E-state index contributed by atoms with van der Waals surface area (Å²) >= 11 is 0. The largest absolute Gasteiger partial charge is 0.336 e. The SMILES string of the molecule is CCC(C)c1ccc(S(=O)(=O)N2CCN(C(=O)c3cccn(Cc4ccccc4)c3=O)CC2)cc1. The molecule has 0 spiro atoms. The van der Waals surface area contributed by atoms with E-state index < -0.39 is 10.0 Å². The number of pyridine rings is 1. The fourth-order valence-corrected chi connectivity index (χ4v) is 5.68. The second kappa shape index (κ2) is 10.6. The van der Waals surface area contributed by atoms with Gasteiger partial charge in [-0.1, -0.05) is 56.3 Å². The van der Waals surface area contributed by atoms with E-state index in [1.165, 1.54) is 14.9 Å². The van der Waals surface area contributed by atoms with Crippen molar-refractivity contribution in [1.82, 2.24) is 13.8 Å². The van der Waals surface area contributed by atoms with E-state index in [0.717, 1.165) is 17.5 Å². The molecule has 2 aromatic carbocycles. The maximum Gasteiger partial charge on any atom is 0.263 e. The molecule has 0 radical (unpaired) electrons. The fourth-order valence-electron chi connectivity index (χ4n) is 4.26. The van der Waals surface area contributed by atoms with Gasteiger partial charge in [-0.2, -0.15) is 4.31 Å². The van der Waals surface area contributed by atoms with Crippen LogP contribution in [0.4, 0.5) is 0 Å². The maximum absolute atomic E-state index is 13.1. The molecule has 1 aliphatic rings. The van der Waals surface area contributed by atoms with Crippen molar-refractivity contribution in [1.29, 1.82) is 0 Å². The van der Waals surface area contributed by atoms with Crippen molar-refractivity contribution in [3.8, 4) is 0 Å². The number of carbonyl (C=O) groups is 1. The highest BCUT2D eigenvalue weighted by molar-refractivity contribution is 7.89. The van der Waals surface area contributed by atoms with Crippen molar-refractivity contribution in [3.63, 3.8) is 0 Å². The summed E-state index contributed by atoms with van der Waals surface area (Å²) in [7, 11) is -3.64. The number of aromatic nitrogens is 1. The number of rotatable bonds is 7. The molecule has 0 saturated carbocycles. The van der Waals surface area contributed by atoms with Gasteiger partial charge in [0.1, 0.15) is 5.56 Å². The Morgan fingerprint density at radius 1 is 0.914 bits per heavy atom. The van der Waals surface area contributed by atoms with Crippen LogP contribution in [0.3, 0.4) is 0 Å². The van der Waals surface area contributed by atoms with Gasteiger partial charge >= 0.3 is 0 Å². The fraction of sp³-hybridized carbons (Fsp3) is 0.333. The Balaban J connectivity index is 1.44. The van der Waals surface area contributed by atoms with Gasteiger partial charge in [0, 0.05) is 32.4 Å². The van der Waals surface area contributed by atoms with E-state index in [9.17, 15) is 18.0 Å². The van der Waals surface area contributed by atoms with Crippen molar-refractivity contribution in [2.45, 2.75) is 37.6 Å². The van der Waals surface area contributed by atoms with Crippen molar-refractivity contribution in [2.75, 3.05) is 26.2 Å². The van der Waals surface area contributed by atoms with Gasteiger partial charge in [-0.15, -0.1) is 0 Å². The Hall–Kier alpha value is -3.23. The van der Waals surface area contributed by atoms with Crippen molar-refractivity contribution >= 4 is 15.9 Å². The highest BCUT2D eigenvalue weighted by Gasteiger charge is 2.31. The number of carbonyl (C=O) groups excluding carboxylic acids is 1.